The van der Waals surface area contributed by atoms with E-state index in [0.717, 1.165) is 29.5 Å². The molecule has 2 heterocycles. The van der Waals surface area contributed by atoms with Crippen LogP contribution in [0.15, 0.2) is 42.7 Å². The highest BCUT2D eigenvalue weighted by Crippen LogP contribution is 2.32. The van der Waals surface area contributed by atoms with Crippen LogP contribution in [0.2, 0.25) is 0 Å². The third kappa shape index (κ3) is 3.67. The fraction of sp³-hybridized carbons (Fsp3) is 0.300. The van der Waals surface area contributed by atoms with E-state index in [-0.39, 0.29) is 12.5 Å². The number of carboxylic acid groups (broad SMARTS) is 1. The van der Waals surface area contributed by atoms with Gasteiger partial charge < -0.3 is 9.67 Å². The van der Waals surface area contributed by atoms with Crippen LogP contribution in [0.5, 0.6) is 0 Å². The zero-order chi connectivity index (χ0) is 19.8. The van der Waals surface area contributed by atoms with Crippen molar-refractivity contribution in [3.8, 4) is 0 Å². The molecule has 0 aliphatic rings. The molecule has 0 aliphatic carbocycles. The van der Waals surface area contributed by atoms with E-state index in [0.29, 0.717) is 16.8 Å². The van der Waals surface area contributed by atoms with E-state index in [1.54, 1.807) is 12.4 Å². The van der Waals surface area contributed by atoms with Crippen molar-refractivity contribution >= 4 is 17.0 Å². The van der Waals surface area contributed by atoms with Crippen molar-refractivity contribution in [2.24, 2.45) is 0 Å². The van der Waals surface area contributed by atoms with Gasteiger partial charge in [-0.05, 0) is 48.2 Å². The van der Waals surface area contributed by atoms with E-state index in [1.165, 1.54) is 12.1 Å². The van der Waals surface area contributed by atoms with Crippen molar-refractivity contribution in [3.63, 3.8) is 0 Å². The molecule has 0 radical (unpaired) electrons. The number of rotatable bonds is 5. The van der Waals surface area contributed by atoms with Gasteiger partial charge in [-0.2, -0.15) is 13.2 Å². The Balaban J connectivity index is 2.09. The average Bonchev–Trinajstić information content (AvgIpc) is 2.98. The van der Waals surface area contributed by atoms with Crippen LogP contribution in [0.25, 0.3) is 11.0 Å². The lowest BCUT2D eigenvalue weighted by Gasteiger charge is -2.16. The number of benzene rings is 1. The number of fused-ring (bicyclic) bond motifs is 1. The van der Waals surface area contributed by atoms with Crippen LogP contribution in [0.4, 0.5) is 13.2 Å². The van der Waals surface area contributed by atoms with E-state index in [4.69, 9.17) is 0 Å². The molecule has 27 heavy (non-hydrogen) atoms. The summed E-state index contributed by atoms with van der Waals surface area (Å²) < 4.78 is 40.2. The second-order valence-corrected chi connectivity index (χ2v) is 6.45. The average molecular weight is 376 g/mol. The number of alkyl halides is 3. The minimum Gasteiger partial charge on any atom is -0.481 e. The predicted molar refractivity (Wildman–Crippen MR) is 95.7 cm³/mol. The maximum absolute atomic E-state index is 12.8. The van der Waals surface area contributed by atoms with Crippen molar-refractivity contribution in [1.82, 2.24) is 9.55 Å². The summed E-state index contributed by atoms with van der Waals surface area (Å²) in [6.45, 7) is 3.84. The van der Waals surface area contributed by atoms with Gasteiger partial charge in [0, 0.05) is 17.8 Å². The summed E-state index contributed by atoms with van der Waals surface area (Å²) in [6, 6.07) is 6.57. The Morgan fingerprint density at radius 1 is 1.19 bits per heavy atom. The lowest BCUT2D eigenvalue weighted by molar-refractivity contribution is -0.138. The summed E-state index contributed by atoms with van der Waals surface area (Å²) >= 11 is 0. The van der Waals surface area contributed by atoms with Gasteiger partial charge in [-0.25, -0.2) is 4.98 Å². The van der Waals surface area contributed by atoms with Crippen molar-refractivity contribution in [2.45, 2.75) is 38.9 Å². The highest BCUT2D eigenvalue weighted by Gasteiger charge is 2.30. The summed E-state index contributed by atoms with van der Waals surface area (Å²) in [6.07, 6.45) is -0.380. The Morgan fingerprint density at radius 2 is 1.85 bits per heavy atom. The van der Waals surface area contributed by atoms with Gasteiger partial charge in [0.2, 0.25) is 0 Å². The molecular formula is C20H19F3N2O2. The topological polar surface area (TPSA) is 55.1 Å². The number of hydrogen-bond donors (Lipinski definition) is 1. The summed E-state index contributed by atoms with van der Waals surface area (Å²) in [5.74, 6) is -0.942. The molecule has 0 spiro atoms. The fourth-order valence-electron chi connectivity index (χ4n) is 3.33. The van der Waals surface area contributed by atoms with Gasteiger partial charge in [0.05, 0.1) is 18.0 Å². The van der Waals surface area contributed by atoms with Crippen LogP contribution >= 0.6 is 0 Å². The SMILES string of the molecule is CCc1ccnc2c1c(CC(=O)O)cn2C(C)c1ccc(C(F)(F)F)cc1. The number of carbonyl (C=O) groups is 1. The van der Waals surface area contributed by atoms with Crippen molar-refractivity contribution < 1.29 is 23.1 Å². The van der Waals surface area contributed by atoms with E-state index < -0.39 is 17.7 Å². The Morgan fingerprint density at radius 3 is 2.41 bits per heavy atom. The number of aromatic nitrogens is 2. The summed E-state index contributed by atoms with van der Waals surface area (Å²) in [5, 5.41) is 10.0. The molecule has 0 bridgehead atoms. The van der Waals surface area contributed by atoms with E-state index >= 15 is 0 Å². The molecule has 0 fully saturated rings. The molecular weight excluding hydrogens is 357 g/mol. The molecule has 1 atom stereocenters. The monoisotopic (exact) mass is 376 g/mol. The largest absolute Gasteiger partial charge is 0.481 e. The minimum atomic E-state index is -4.38. The summed E-state index contributed by atoms with van der Waals surface area (Å²) in [4.78, 5) is 15.7. The highest BCUT2D eigenvalue weighted by molar-refractivity contribution is 5.88. The first-order chi connectivity index (χ1) is 12.7. The molecule has 7 heteroatoms. The Hall–Kier alpha value is -2.83. The van der Waals surface area contributed by atoms with Crippen molar-refractivity contribution in [1.29, 1.82) is 0 Å². The maximum Gasteiger partial charge on any atom is 0.416 e. The number of halogens is 3. The van der Waals surface area contributed by atoms with Gasteiger partial charge in [-0.1, -0.05) is 19.1 Å². The van der Waals surface area contributed by atoms with Gasteiger partial charge in [-0.15, -0.1) is 0 Å². The fourth-order valence-corrected chi connectivity index (χ4v) is 3.33. The predicted octanol–water partition coefficient (Wildman–Crippen LogP) is 4.85. The standard InChI is InChI=1S/C20H19F3N2O2/c1-3-13-8-9-24-19-18(13)15(10-17(26)27)11-25(19)12(2)14-4-6-16(7-5-14)20(21,22)23/h4-9,11-12H,3,10H2,1-2H3,(H,26,27). The van der Waals surface area contributed by atoms with Crippen LogP contribution in [0.3, 0.4) is 0 Å². The van der Waals surface area contributed by atoms with Crippen LogP contribution in [0, 0.1) is 0 Å². The van der Waals surface area contributed by atoms with Gasteiger partial charge in [0.15, 0.2) is 0 Å². The third-order valence-electron chi connectivity index (χ3n) is 4.74. The Kier molecular flexibility index (Phi) is 4.95. The second-order valence-electron chi connectivity index (χ2n) is 6.45. The van der Waals surface area contributed by atoms with Crippen molar-refractivity contribution in [2.75, 3.05) is 0 Å². The van der Waals surface area contributed by atoms with Crippen LogP contribution < -0.4 is 0 Å². The van der Waals surface area contributed by atoms with Gasteiger partial charge >= 0.3 is 12.1 Å². The molecule has 1 aromatic carbocycles. The number of pyridine rings is 1. The molecule has 4 nitrogen and oxygen atoms in total. The molecule has 0 saturated heterocycles. The number of carboxylic acids is 1. The lowest BCUT2D eigenvalue weighted by Crippen LogP contribution is -2.08. The molecule has 142 valence electrons. The van der Waals surface area contributed by atoms with E-state index in [2.05, 4.69) is 4.98 Å². The maximum atomic E-state index is 12.8. The van der Waals surface area contributed by atoms with E-state index in [9.17, 15) is 23.1 Å². The first-order valence-corrected chi connectivity index (χ1v) is 8.58. The molecule has 3 aromatic rings. The zero-order valence-electron chi connectivity index (χ0n) is 14.9. The molecule has 1 unspecified atom stereocenters. The number of nitrogens with zero attached hydrogens (tertiary/aromatic N) is 2. The molecule has 0 amide bonds. The van der Waals surface area contributed by atoms with Crippen molar-refractivity contribution in [3.05, 3.63) is 65.0 Å². The van der Waals surface area contributed by atoms with Crippen LogP contribution in [-0.2, 0) is 23.8 Å². The summed E-state index contributed by atoms with van der Waals surface area (Å²) in [5.41, 5.74) is 2.27. The Labute approximate surface area is 154 Å². The quantitative estimate of drug-likeness (QED) is 0.692. The number of hydrogen-bond acceptors (Lipinski definition) is 2. The minimum absolute atomic E-state index is 0.137. The first-order valence-electron chi connectivity index (χ1n) is 8.58. The van der Waals surface area contributed by atoms with Gasteiger partial charge in [0.1, 0.15) is 5.65 Å². The lowest BCUT2D eigenvalue weighted by atomic mass is 10.1. The van der Waals surface area contributed by atoms with Crippen LogP contribution in [0.1, 0.15) is 42.1 Å². The molecule has 2 aromatic heterocycles. The molecule has 0 saturated carbocycles. The molecule has 1 N–H and O–H groups in total. The first kappa shape index (κ1) is 18.9. The third-order valence-corrected chi connectivity index (χ3v) is 4.74. The number of aryl methyl sites for hydroxylation is 1. The summed E-state index contributed by atoms with van der Waals surface area (Å²) in [7, 11) is 0. The van der Waals surface area contributed by atoms with Gasteiger partial charge in [0.25, 0.3) is 0 Å². The number of aliphatic carboxylic acids is 1. The van der Waals surface area contributed by atoms with E-state index in [1.807, 2.05) is 24.5 Å². The molecule has 3 rings (SSSR count). The molecule has 0 aliphatic heterocycles. The normalized spacial score (nSPS) is 13.1. The highest BCUT2D eigenvalue weighted by atomic mass is 19.4. The second kappa shape index (κ2) is 7.06. The Bertz CT molecular complexity index is 975. The van der Waals surface area contributed by atoms with Gasteiger partial charge in [-0.3, -0.25) is 4.79 Å². The van der Waals surface area contributed by atoms with Crippen LogP contribution in [-0.4, -0.2) is 20.6 Å². The smallest absolute Gasteiger partial charge is 0.416 e. The zero-order valence-corrected chi connectivity index (χ0v) is 14.9.